The molecule has 3 aromatic heterocycles. The Balaban J connectivity index is 1.24. The largest absolute Gasteiger partial charge is 0.490 e. The Morgan fingerprint density at radius 1 is 1.12 bits per heavy atom. The number of fused-ring (bicyclic) bond motifs is 2. The Bertz CT molecular complexity index is 1300. The summed E-state index contributed by atoms with van der Waals surface area (Å²) in [6.45, 7) is 1.93. The van der Waals surface area contributed by atoms with E-state index < -0.39 is 6.43 Å². The number of piperidine rings is 1. The third-order valence-electron chi connectivity index (χ3n) is 6.02. The summed E-state index contributed by atoms with van der Waals surface area (Å²) in [4.78, 5) is 14.4. The maximum Gasteiger partial charge on any atom is 0.295 e. The first-order valence-corrected chi connectivity index (χ1v) is 10.6. The highest BCUT2D eigenvalue weighted by atomic mass is 19.3. The van der Waals surface area contributed by atoms with E-state index in [1.807, 2.05) is 30.5 Å². The molecule has 4 aromatic rings. The fourth-order valence-corrected chi connectivity index (χ4v) is 4.30. The van der Waals surface area contributed by atoms with Crippen LogP contribution in [0.15, 0.2) is 47.7 Å². The molecular weight excluding hydrogens is 418 g/mol. The number of rotatable bonds is 6. The molecular formula is C22H24F2N6O2. The number of likely N-dealkylation sites (tertiary alicyclic amines) is 1. The molecule has 0 saturated carbocycles. The number of ether oxygens (including phenoxy) is 1. The highest BCUT2D eigenvalue weighted by molar-refractivity contribution is 5.86. The molecule has 168 valence electrons. The van der Waals surface area contributed by atoms with Gasteiger partial charge in [0.1, 0.15) is 11.9 Å². The quantitative estimate of drug-likeness (QED) is 0.459. The van der Waals surface area contributed by atoms with Gasteiger partial charge in [0.25, 0.3) is 12.0 Å². The van der Waals surface area contributed by atoms with Gasteiger partial charge in [0, 0.05) is 44.1 Å². The first-order chi connectivity index (χ1) is 15.5. The zero-order valence-corrected chi connectivity index (χ0v) is 17.7. The number of halogens is 2. The van der Waals surface area contributed by atoms with E-state index >= 15 is 0 Å². The molecule has 0 N–H and O–H groups in total. The number of nitrogens with zero attached hydrogens (tertiary/aromatic N) is 6. The lowest BCUT2D eigenvalue weighted by atomic mass is 10.1. The maximum atomic E-state index is 12.8. The van der Waals surface area contributed by atoms with Crippen molar-refractivity contribution in [2.24, 2.45) is 7.05 Å². The smallest absolute Gasteiger partial charge is 0.295 e. The van der Waals surface area contributed by atoms with E-state index in [0.717, 1.165) is 48.4 Å². The van der Waals surface area contributed by atoms with Gasteiger partial charge in [-0.1, -0.05) is 6.07 Å². The first-order valence-electron chi connectivity index (χ1n) is 10.6. The molecule has 1 fully saturated rings. The van der Waals surface area contributed by atoms with Crippen molar-refractivity contribution in [1.82, 2.24) is 28.6 Å². The van der Waals surface area contributed by atoms with Crippen LogP contribution in [0.1, 0.15) is 18.7 Å². The highest BCUT2D eigenvalue weighted by Crippen LogP contribution is 2.29. The van der Waals surface area contributed by atoms with E-state index in [4.69, 9.17) is 4.74 Å². The number of hydrogen-bond acceptors (Lipinski definition) is 5. The monoisotopic (exact) mass is 442 g/mol. The molecule has 1 aliphatic heterocycles. The van der Waals surface area contributed by atoms with Gasteiger partial charge >= 0.3 is 0 Å². The second-order valence-corrected chi connectivity index (χ2v) is 8.17. The fourth-order valence-electron chi connectivity index (χ4n) is 4.30. The molecule has 1 aromatic carbocycles. The minimum absolute atomic E-state index is 0.0535. The van der Waals surface area contributed by atoms with Crippen LogP contribution in [0.2, 0.25) is 0 Å². The maximum absolute atomic E-state index is 12.8. The van der Waals surface area contributed by atoms with Gasteiger partial charge in [0.15, 0.2) is 5.82 Å². The predicted molar refractivity (Wildman–Crippen MR) is 115 cm³/mol. The Morgan fingerprint density at radius 3 is 2.72 bits per heavy atom. The minimum Gasteiger partial charge on any atom is -0.490 e. The third-order valence-corrected chi connectivity index (χ3v) is 6.02. The van der Waals surface area contributed by atoms with Crippen molar-refractivity contribution in [3.63, 3.8) is 0 Å². The first kappa shape index (κ1) is 20.6. The molecule has 4 heterocycles. The SMILES string of the molecule is Cn1ccn2c(CN3CCC(Oc4cccc5c4ccn5CC(F)F)CC3)nnc2c1=O. The average Bonchev–Trinajstić information content (AvgIpc) is 3.37. The number of hydrogen-bond donors (Lipinski definition) is 0. The van der Waals surface area contributed by atoms with Crippen molar-refractivity contribution >= 4 is 16.6 Å². The molecule has 0 radical (unpaired) electrons. The van der Waals surface area contributed by atoms with Crippen LogP contribution in [-0.4, -0.2) is 54.3 Å². The van der Waals surface area contributed by atoms with Gasteiger partial charge in [-0.3, -0.25) is 14.1 Å². The lowest BCUT2D eigenvalue weighted by Crippen LogP contribution is -2.38. The molecule has 32 heavy (non-hydrogen) atoms. The van der Waals surface area contributed by atoms with E-state index in [-0.39, 0.29) is 18.2 Å². The molecule has 5 rings (SSSR count). The summed E-state index contributed by atoms with van der Waals surface area (Å²) < 4.78 is 36.7. The molecule has 0 atom stereocenters. The summed E-state index contributed by atoms with van der Waals surface area (Å²) in [6, 6.07) is 7.41. The Morgan fingerprint density at radius 2 is 1.94 bits per heavy atom. The van der Waals surface area contributed by atoms with Crippen molar-refractivity contribution in [2.75, 3.05) is 13.1 Å². The van der Waals surface area contributed by atoms with Gasteiger partial charge in [-0.25, -0.2) is 8.78 Å². The van der Waals surface area contributed by atoms with Gasteiger partial charge in [0.05, 0.1) is 18.6 Å². The Kier molecular flexibility index (Phi) is 5.38. The lowest BCUT2D eigenvalue weighted by Gasteiger charge is -2.31. The second kappa shape index (κ2) is 8.34. The van der Waals surface area contributed by atoms with Crippen molar-refractivity contribution in [3.05, 3.63) is 59.0 Å². The van der Waals surface area contributed by atoms with Crippen LogP contribution in [0.25, 0.3) is 16.6 Å². The number of aromatic nitrogens is 5. The average molecular weight is 442 g/mol. The minimum atomic E-state index is -2.40. The molecule has 8 nitrogen and oxygen atoms in total. The summed E-state index contributed by atoms with van der Waals surface area (Å²) in [6.07, 6.45) is 4.53. The van der Waals surface area contributed by atoms with Crippen LogP contribution >= 0.6 is 0 Å². The lowest BCUT2D eigenvalue weighted by molar-refractivity contribution is 0.0963. The molecule has 0 spiro atoms. The fraction of sp³-hybridized carbons (Fsp3) is 0.409. The van der Waals surface area contributed by atoms with E-state index in [2.05, 4.69) is 15.1 Å². The summed E-state index contributed by atoms with van der Waals surface area (Å²) in [5, 5.41) is 9.10. The number of alkyl halides is 2. The Hall–Kier alpha value is -3.27. The molecule has 1 aliphatic rings. The van der Waals surface area contributed by atoms with Gasteiger partial charge in [-0.15, -0.1) is 10.2 Å². The standard InChI is InChI=1S/C22H24F2N6O2/c1-27-11-12-30-20(25-26-21(30)22(27)31)14-28-8-5-15(6-9-28)32-18-4-2-3-17-16(18)7-10-29(17)13-19(23)24/h2-4,7,10-12,15,19H,5-6,8-9,13-14H2,1H3. The van der Waals surface area contributed by atoms with Gasteiger partial charge in [-0.05, 0) is 31.0 Å². The van der Waals surface area contributed by atoms with Crippen molar-refractivity contribution in [2.45, 2.75) is 38.5 Å². The van der Waals surface area contributed by atoms with Gasteiger partial charge < -0.3 is 13.9 Å². The van der Waals surface area contributed by atoms with Crippen LogP contribution in [0, 0.1) is 0 Å². The van der Waals surface area contributed by atoms with Crippen LogP contribution in [0.5, 0.6) is 5.75 Å². The molecule has 0 amide bonds. The van der Waals surface area contributed by atoms with Gasteiger partial charge in [-0.2, -0.15) is 0 Å². The van der Waals surface area contributed by atoms with E-state index in [0.29, 0.717) is 12.2 Å². The summed E-state index contributed by atoms with van der Waals surface area (Å²) in [5.74, 6) is 1.47. The van der Waals surface area contributed by atoms with Crippen molar-refractivity contribution in [1.29, 1.82) is 0 Å². The topological polar surface area (TPSA) is 69.6 Å². The predicted octanol–water partition coefficient (Wildman–Crippen LogP) is 2.69. The highest BCUT2D eigenvalue weighted by Gasteiger charge is 2.23. The third kappa shape index (κ3) is 3.86. The van der Waals surface area contributed by atoms with Crippen molar-refractivity contribution in [3.8, 4) is 5.75 Å². The van der Waals surface area contributed by atoms with Crippen LogP contribution in [0.3, 0.4) is 0 Å². The molecule has 1 saturated heterocycles. The van der Waals surface area contributed by atoms with Gasteiger partial charge in [0.2, 0.25) is 5.65 Å². The normalized spacial score (nSPS) is 15.9. The van der Waals surface area contributed by atoms with Crippen LogP contribution in [-0.2, 0) is 20.1 Å². The molecule has 0 bridgehead atoms. The summed E-state index contributed by atoms with van der Waals surface area (Å²) >= 11 is 0. The van der Waals surface area contributed by atoms with E-state index in [9.17, 15) is 13.6 Å². The number of aryl methyl sites for hydroxylation is 1. The van der Waals surface area contributed by atoms with E-state index in [1.54, 1.807) is 28.4 Å². The zero-order chi connectivity index (χ0) is 22.2. The Labute approximate surface area is 182 Å². The second-order valence-electron chi connectivity index (χ2n) is 8.17. The van der Waals surface area contributed by atoms with E-state index in [1.165, 1.54) is 4.57 Å². The summed E-state index contributed by atoms with van der Waals surface area (Å²) in [5.41, 5.74) is 0.912. The molecule has 0 aliphatic carbocycles. The zero-order valence-electron chi connectivity index (χ0n) is 17.7. The number of benzene rings is 1. The molecule has 10 heteroatoms. The van der Waals surface area contributed by atoms with Crippen molar-refractivity contribution < 1.29 is 13.5 Å². The summed E-state index contributed by atoms with van der Waals surface area (Å²) in [7, 11) is 1.69. The van der Waals surface area contributed by atoms with Crippen LogP contribution in [0.4, 0.5) is 8.78 Å². The van der Waals surface area contributed by atoms with Crippen LogP contribution < -0.4 is 10.3 Å². The molecule has 0 unspecified atom stereocenters.